The third-order valence-corrected chi connectivity index (χ3v) is 8.86. The Morgan fingerprint density at radius 3 is 2.33 bits per heavy atom. The van der Waals surface area contributed by atoms with E-state index in [1.54, 1.807) is 16.4 Å². The van der Waals surface area contributed by atoms with E-state index in [9.17, 15) is 18.3 Å². The van der Waals surface area contributed by atoms with Crippen molar-refractivity contribution in [3.05, 3.63) is 71.3 Å². The van der Waals surface area contributed by atoms with Crippen LogP contribution in [0.25, 0.3) is 0 Å². The highest BCUT2D eigenvalue weighted by atomic mass is 32.2. The van der Waals surface area contributed by atoms with Crippen LogP contribution in [0.3, 0.4) is 0 Å². The lowest BCUT2D eigenvalue weighted by molar-refractivity contribution is 0.0381. The smallest absolute Gasteiger partial charge is 0.221 e. The molecule has 160 valence electrons. The van der Waals surface area contributed by atoms with Gasteiger partial charge in [0.2, 0.25) is 10.0 Å². The molecule has 1 N–H and O–H groups in total. The number of aliphatic hydroxyl groups excluding tert-OH is 1. The summed E-state index contributed by atoms with van der Waals surface area (Å²) in [5, 5.41) is 8.88. The first-order valence-electron chi connectivity index (χ1n) is 10.7. The average Bonchev–Trinajstić information content (AvgIpc) is 2.71. The van der Waals surface area contributed by atoms with Gasteiger partial charge in [-0.1, -0.05) is 54.6 Å². The fourth-order valence-corrected chi connectivity index (χ4v) is 6.77. The number of nitrogens with zero attached hydrogens (tertiary/aromatic N) is 1. The Balaban J connectivity index is 1.46. The van der Waals surface area contributed by atoms with Crippen LogP contribution in [0, 0.1) is 5.92 Å². The SMILES string of the molecule is C[C@H]1CCC(c2ccccc2)S(=O)(=O)N1Cc1ccc(C(=O)CC2CC(O)C2)cc1. The van der Waals surface area contributed by atoms with Gasteiger partial charge in [-0.3, -0.25) is 4.79 Å². The zero-order valence-corrected chi connectivity index (χ0v) is 18.1. The van der Waals surface area contributed by atoms with Crippen molar-refractivity contribution in [1.29, 1.82) is 0 Å². The van der Waals surface area contributed by atoms with E-state index < -0.39 is 15.3 Å². The summed E-state index contributed by atoms with van der Waals surface area (Å²) in [6.45, 7) is 2.28. The predicted molar refractivity (Wildman–Crippen MR) is 116 cm³/mol. The summed E-state index contributed by atoms with van der Waals surface area (Å²) < 4.78 is 28.3. The number of rotatable bonds is 6. The quantitative estimate of drug-likeness (QED) is 0.705. The maximum Gasteiger partial charge on any atom is 0.221 e. The maximum atomic E-state index is 13.3. The van der Waals surface area contributed by atoms with Gasteiger partial charge in [0.1, 0.15) is 5.25 Å². The molecule has 0 spiro atoms. The molecule has 2 aromatic rings. The maximum absolute atomic E-state index is 13.3. The number of carbonyl (C=O) groups is 1. The molecule has 4 rings (SSSR count). The second-order valence-corrected chi connectivity index (χ2v) is 10.8. The first-order valence-corrected chi connectivity index (χ1v) is 12.2. The first kappa shape index (κ1) is 21.2. The van der Waals surface area contributed by atoms with Gasteiger partial charge in [0.15, 0.2) is 5.78 Å². The van der Waals surface area contributed by atoms with Crippen molar-refractivity contribution in [2.75, 3.05) is 0 Å². The summed E-state index contributed by atoms with van der Waals surface area (Å²) in [7, 11) is -3.47. The lowest BCUT2D eigenvalue weighted by atomic mass is 9.78. The fraction of sp³-hybridized carbons (Fsp3) is 0.458. The molecule has 1 saturated carbocycles. The Morgan fingerprint density at radius 2 is 1.70 bits per heavy atom. The zero-order valence-electron chi connectivity index (χ0n) is 17.3. The fourth-order valence-electron chi connectivity index (χ4n) is 4.58. The molecule has 2 aromatic carbocycles. The van der Waals surface area contributed by atoms with Crippen molar-refractivity contribution in [3.63, 3.8) is 0 Å². The number of sulfonamides is 1. The molecule has 0 bridgehead atoms. The number of carbonyl (C=O) groups excluding carboxylic acids is 1. The van der Waals surface area contributed by atoms with Crippen molar-refractivity contribution in [1.82, 2.24) is 4.31 Å². The average molecular weight is 428 g/mol. The lowest BCUT2D eigenvalue weighted by Crippen LogP contribution is -2.44. The minimum absolute atomic E-state index is 0.0543. The summed E-state index contributed by atoms with van der Waals surface area (Å²) in [5.74, 6) is 0.364. The van der Waals surface area contributed by atoms with E-state index in [0.29, 0.717) is 37.8 Å². The Labute approximate surface area is 178 Å². The molecule has 1 unspecified atom stereocenters. The molecule has 1 heterocycles. The highest BCUT2D eigenvalue weighted by molar-refractivity contribution is 7.89. The van der Waals surface area contributed by atoms with Crippen LogP contribution >= 0.6 is 0 Å². The van der Waals surface area contributed by atoms with Crippen LogP contribution in [0.1, 0.15) is 65.8 Å². The number of Topliss-reactive ketones (excluding diaryl/α,β-unsaturated/α-hetero) is 1. The molecule has 1 aliphatic carbocycles. The monoisotopic (exact) mass is 427 g/mol. The van der Waals surface area contributed by atoms with Crippen LogP contribution in [-0.4, -0.2) is 35.8 Å². The number of hydrogen-bond acceptors (Lipinski definition) is 4. The highest BCUT2D eigenvalue weighted by Crippen LogP contribution is 2.38. The van der Waals surface area contributed by atoms with Crippen LogP contribution in [0.4, 0.5) is 0 Å². The minimum Gasteiger partial charge on any atom is -0.393 e. The second-order valence-electron chi connectivity index (χ2n) is 8.73. The Kier molecular flexibility index (Phi) is 6.09. The molecule has 2 aliphatic rings. The van der Waals surface area contributed by atoms with Crippen LogP contribution in [-0.2, 0) is 16.6 Å². The van der Waals surface area contributed by atoms with Crippen molar-refractivity contribution in [2.24, 2.45) is 5.92 Å². The zero-order chi connectivity index (χ0) is 21.3. The van der Waals surface area contributed by atoms with Crippen LogP contribution < -0.4 is 0 Å². The molecule has 6 heteroatoms. The molecule has 5 nitrogen and oxygen atoms in total. The van der Waals surface area contributed by atoms with Gasteiger partial charge in [-0.15, -0.1) is 0 Å². The van der Waals surface area contributed by atoms with Crippen LogP contribution in [0.5, 0.6) is 0 Å². The molecule has 30 heavy (non-hydrogen) atoms. The summed E-state index contributed by atoms with van der Waals surface area (Å²) in [6, 6.07) is 16.7. The van der Waals surface area contributed by atoms with Crippen molar-refractivity contribution in [2.45, 2.75) is 63.0 Å². The Hall–Kier alpha value is -2.02. The molecular weight excluding hydrogens is 398 g/mol. The molecule has 0 radical (unpaired) electrons. The largest absolute Gasteiger partial charge is 0.393 e. The second kappa shape index (κ2) is 8.61. The molecule has 1 saturated heterocycles. The van der Waals surface area contributed by atoms with E-state index in [4.69, 9.17) is 0 Å². The van der Waals surface area contributed by atoms with E-state index in [2.05, 4.69) is 0 Å². The normalized spacial score (nSPS) is 28.6. The van der Waals surface area contributed by atoms with Gasteiger partial charge in [-0.25, -0.2) is 8.42 Å². The van der Waals surface area contributed by atoms with Gasteiger partial charge in [0, 0.05) is 24.6 Å². The molecule has 2 fully saturated rings. The lowest BCUT2D eigenvalue weighted by Gasteiger charge is -2.37. The standard InChI is InChI=1S/C24H29NO4S/c1-17-7-12-24(21-5-3-2-4-6-21)30(28,29)25(17)16-18-8-10-20(11-9-18)23(27)15-19-13-22(26)14-19/h2-6,8-11,17,19,22,24,26H,7,12-16H2,1H3/t17-,19?,22?,24?/m0/s1. The van der Waals surface area contributed by atoms with Gasteiger partial charge < -0.3 is 5.11 Å². The number of ketones is 1. The van der Waals surface area contributed by atoms with Gasteiger partial charge in [0.05, 0.1) is 6.10 Å². The molecule has 1 aliphatic heterocycles. The van der Waals surface area contributed by atoms with Crippen LogP contribution in [0.2, 0.25) is 0 Å². The van der Waals surface area contributed by atoms with Gasteiger partial charge in [0.25, 0.3) is 0 Å². The summed E-state index contributed by atoms with van der Waals surface area (Å²) >= 11 is 0. The van der Waals surface area contributed by atoms with E-state index in [-0.39, 0.29) is 23.8 Å². The molecular formula is C24H29NO4S. The molecule has 0 amide bonds. The van der Waals surface area contributed by atoms with E-state index >= 15 is 0 Å². The van der Waals surface area contributed by atoms with Crippen molar-refractivity contribution < 1.29 is 18.3 Å². The van der Waals surface area contributed by atoms with Gasteiger partial charge in [-0.05, 0) is 49.7 Å². The Bertz CT molecular complexity index is 982. The third-order valence-electron chi connectivity index (χ3n) is 6.50. The van der Waals surface area contributed by atoms with Crippen molar-refractivity contribution in [3.8, 4) is 0 Å². The summed E-state index contributed by atoms with van der Waals surface area (Å²) in [5.41, 5.74) is 2.38. The van der Waals surface area contributed by atoms with Crippen molar-refractivity contribution >= 4 is 15.8 Å². The molecule has 0 aromatic heterocycles. The Morgan fingerprint density at radius 1 is 1.03 bits per heavy atom. The van der Waals surface area contributed by atoms with E-state index in [1.165, 1.54) is 0 Å². The topological polar surface area (TPSA) is 74.7 Å². The molecule has 2 atom stereocenters. The highest BCUT2D eigenvalue weighted by Gasteiger charge is 2.40. The van der Waals surface area contributed by atoms with E-state index in [0.717, 1.165) is 17.5 Å². The van der Waals surface area contributed by atoms with Crippen LogP contribution in [0.15, 0.2) is 54.6 Å². The van der Waals surface area contributed by atoms with Gasteiger partial charge in [-0.2, -0.15) is 4.31 Å². The minimum atomic E-state index is -3.47. The van der Waals surface area contributed by atoms with E-state index in [1.807, 2.05) is 49.4 Å². The summed E-state index contributed by atoms with van der Waals surface area (Å²) in [4.78, 5) is 12.4. The first-order chi connectivity index (χ1) is 14.3. The summed E-state index contributed by atoms with van der Waals surface area (Å²) in [6.07, 6.45) is 3.08. The third kappa shape index (κ3) is 4.36. The predicted octanol–water partition coefficient (Wildman–Crippen LogP) is 4.09. The number of hydrogen-bond donors (Lipinski definition) is 1. The van der Waals surface area contributed by atoms with Gasteiger partial charge >= 0.3 is 0 Å². The number of benzene rings is 2. The number of aliphatic hydroxyl groups is 1.